The van der Waals surface area contributed by atoms with Gasteiger partial charge in [0.15, 0.2) is 0 Å². The van der Waals surface area contributed by atoms with Gasteiger partial charge in [0.25, 0.3) is 0 Å². The Kier molecular flexibility index (Phi) is 2.26. The van der Waals surface area contributed by atoms with Crippen molar-refractivity contribution in [2.24, 2.45) is 5.92 Å². The zero-order valence-corrected chi connectivity index (χ0v) is 8.80. The lowest BCUT2D eigenvalue weighted by Gasteiger charge is -1.91. The molecule has 1 aromatic heterocycles. The van der Waals surface area contributed by atoms with E-state index in [4.69, 9.17) is 4.42 Å². The van der Waals surface area contributed by atoms with Crippen molar-refractivity contribution in [3.8, 4) is 0 Å². The Bertz CT molecular complexity index is 267. The third-order valence-corrected chi connectivity index (χ3v) is 2.89. The Balaban J connectivity index is 2.04. The van der Waals surface area contributed by atoms with Crippen LogP contribution in [-0.2, 0) is 6.42 Å². The highest BCUT2D eigenvalue weighted by molar-refractivity contribution is 9.09. The second-order valence-corrected chi connectivity index (χ2v) is 4.36. The molecule has 1 aliphatic rings. The molecular weight excluding hydrogens is 216 g/mol. The van der Waals surface area contributed by atoms with E-state index in [1.54, 1.807) is 0 Å². The Hall–Kier alpha value is -0.240. The lowest BCUT2D eigenvalue weighted by Crippen LogP contribution is -1.80. The molecule has 2 heteroatoms. The first-order valence-electron chi connectivity index (χ1n) is 4.46. The van der Waals surface area contributed by atoms with E-state index in [2.05, 4.69) is 35.0 Å². The van der Waals surface area contributed by atoms with Crippen LogP contribution in [0.3, 0.4) is 0 Å². The van der Waals surface area contributed by atoms with Crippen LogP contribution in [0.2, 0.25) is 0 Å². The van der Waals surface area contributed by atoms with Gasteiger partial charge in [-0.3, -0.25) is 0 Å². The molecule has 1 aliphatic carbocycles. The maximum absolute atomic E-state index is 5.69. The van der Waals surface area contributed by atoms with Crippen LogP contribution < -0.4 is 0 Å². The average molecular weight is 229 g/mol. The fourth-order valence-electron chi connectivity index (χ4n) is 1.54. The Labute approximate surface area is 81.3 Å². The summed E-state index contributed by atoms with van der Waals surface area (Å²) in [6, 6.07) is 4.23. The van der Waals surface area contributed by atoms with Gasteiger partial charge in [-0.05, 0) is 24.5 Å². The van der Waals surface area contributed by atoms with Crippen LogP contribution in [0.25, 0.3) is 0 Å². The van der Waals surface area contributed by atoms with Gasteiger partial charge in [0.05, 0.1) is 0 Å². The molecule has 1 heterocycles. The molecule has 0 bridgehead atoms. The maximum atomic E-state index is 5.69. The summed E-state index contributed by atoms with van der Waals surface area (Å²) in [5, 5.41) is 0.986. The van der Waals surface area contributed by atoms with E-state index in [0.717, 1.165) is 23.4 Å². The minimum atomic E-state index is 0.717. The van der Waals surface area contributed by atoms with Gasteiger partial charge in [0.1, 0.15) is 11.5 Å². The molecule has 0 aliphatic heterocycles. The molecule has 2 rings (SSSR count). The standard InChI is InChI=1S/C10H13BrO/c1-7-6-9(7)10-3-2-8(12-10)4-5-11/h2-3,7,9H,4-6H2,1H3. The third-order valence-electron chi connectivity index (χ3n) is 2.50. The van der Waals surface area contributed by atoms with E-state index in [9.17, 15) is 0 Å². The SMILES string of the molecule is CC1CC1c1ccc(CCBr)o1. The van der Waals surface area contributed by atoms with E-state index >= 15 is 0 Å². The molecule has 0 N–H and O–H groups in total. The van der Waals surface area contributed by atoms with Crippen molar-refractivity contribution in [1.82, 2.24) is 0 Å². The van der Waals surface area contributed by atoms with Crippen LogP contribution in [0.15, 0.2) is 16.5 Å². The van der Waals surface area contributed by atoms with Gasteiger partial charge in [-0.25, -0.2) is 0 Å². The summed E-state index contributed by atoms with van der Waals surface area (Å²) in [5.41, 5.74) is 0. The van der Waals surface area contributed by atoms with Gasteiger partial charge in [-0.15, -0.1) is 0 Å². The van der Waals surface area contributed by atoms with Crippen molar-refractivity contribution < 1.29 is 4.42 Å². The summed E-state index contributed by atoms with van der Waals surface area (Å²) in [6.07, 6.45) is 2.31. The van der Waals surface area contributed by atoms with Crippen molar-refractivity contribution in [1.29, 1.82) is 0 Å². The van der Waals surface area contributed by atoms with Crippen LogP contribution in [0, 0.1) is 5.92 Å². The van der Waals surface area contributed by atoms with Crippen LogP contribution in [0.1, 0.15) is 30.8 Å². The summed E-state index contributed by atoms with van der Waals surface area (Å²) in [5.74, 6) is 3.86. The number of aryl methyl sites for hydroxylation is 1. The highest BCUT2D eigenvalue weighted by Gasteiger charge is 2.36. The molecule has 1 fully saturated rings. The fraction of sp³-hybridized carbons (Fsp3) is 0.600. The van der Waals surface area contributed by atoms with Crippen LogP contribution in [-0.4, -0.2) is 5.33 Å². The normalized spacial score (nSPS) is 27.5. The summed E-state index contributed by atoms with van der Waals surface area (Å²) in [6.45, 7) is 2.28. The maximum Gasteiger partial charge on any atom is 0.107 e. The summed E-state index contributed by atoms with van der Waals surface area (Å²) in [4.78, 5) is 0. The molecule has 12 heavy (non-hydrogen) atoms. The molecule has 0 spiro atoms. The molecule has 66 valence electrons. The first-order chi connectivity index (χ1) is 5.81. The smallest absolute Gasteiger partial charge is 0.107 e. The Morgan fingerprint density at radius 3 is 2.92 bits per heavy atom. The molecule has 1 nitrogen and oxygen atoms in total. The van der Waals surface area contributed by atoms with E-state index < -0.39 is 0 Å². The Morgan fingerprint density at radius 2 is 2.33 bits per heavy atom. The molecule has 1 saturated carbocycles. The quantitative estimate of drug-likeness (QED) is 0.724. The fourth-order valence-corrected chi connectivity index (χ4v) is 1.93. The predicted molar refractivity (Wildman–Crippen MR) is 52.7 cm³/mol. The van der Waals surface area contributed by atoms with Crippen molar-refractivity contribution >= 4 is 15.9 Å². The summed E-state index contributed by atoms with van der Waals surface area (Å²) in [7, 11) is 0. The second-order valence-electron chi connectivity index (χ2n) is 3.56. The monoisotopic (exact) mass is 228 g/mol. The van der Waals surface area contributed by atoms with E-state index in [-0.39, 0.29) is 0 Å². The molecule has 0 saturated heterocycles. The minimum absolute atomic E-state index is 0.717. The molecule has 1 aromatic rings. The predicted octanol–water partition coefficient (Wildman–Crippen LogP) is 3.34. The first-order valence-corrected chi connectivity index (χ1v) is 5.58. The van der Waals surface area contributed by atoms with Crippen LogP contribution in [0.4, 0.5) is 0 Å². The van der Waals surface area contributed by atoms with Crippen molar-refractivity contribution in [3.63, 3.8) is 0 Å². The summed E-state index contributed by atoms with van der Waals surface area (Å²) < 4.78 is 5.69. The molecule has 2 unspecified atom stereocenters. The first kappa shape index (κ1) is 8.36. The lowest BCUT2D eigenvalue weighted by atomic mass is 10.3. The van der Waals surface area contributed by atoms with Gasteiger partial charge >= 0.3 is 0 Å². The van der Waals surface area contributed by atoms with Crippen molar-refractivity contribution in [2.45, 2.75) is 25.7 Å². The van der Waals surface area contributed by atoms with Gasteiger partial charge in [0.2, 0.25) is 0 Å². The zero-order valence-electron chi connectivity index (χ0n) is 7.22. The van der Waals surface area contributed by atoms with Crippen LogP contribution in [0.5, 0.6) is 0 Å². The van der Waals surface area contributed by atoms with E-state index in [1.807, 2.05) is 0 Å². The average Bonchev–Trinajstić information content (AvgIpc) is 2.62. The van der Waals surface area contributed by atoms with Gasteiger partial charge in [0, 0.05) is 17.7 Å². The topological polar surface area (TPSA) is 13.1 Å². The third kappa shape index (κ3) is 1.58. The van der Waals surface area contributed by atoms with Crippen LogP contribution >= 0.6 is 15.9 Å². The number of hydrogen-bond donors (Lipinski definition) is 0. The number of furan rings is 1. The zero-order chi connectivity index (χ0) is 8.55. The largest absolute Gasteiger partial charge is 0.466 e. The molecule has 2 atom stereocenters. The number of halogens is 1. The number of hydrogen-bond acceptors (Lipinski definition) is 1. The minimum Gasteiger partial charge on any atom is -0.466 e. The Morgan fingerprint density at radius 1 is 1.58 bits per heavy atom. The second kappa shape index (κ2) is 3.25. The molecular formula is C10H13BrO. The molecule has 0 aromatic carbocycles. The lowest BCUT2D eigenvalue weighted by molar-refractivity contribution is 0.467. The number of rotatable bonds is 3. The highest BCUT2D eigenvalue weighted by Crippen LogP contribution is 2.47. The van der Waals surface area contributed by atoms with Crippen molar-refractivity contribution in [2.75, 3.05) is 5.33 Å². The van der Waals surface area contributed by atoms with Gasteiger partial charge < -0.3 is 4.42 Å². The van der Waals surface area contributed by atoms with Crippen molar-refractivity contribution in [3.05, 3.63) is 23.7 Å². The molecule has 0 amide bonds. The van der Waals surface area contributed by atoms with Gasteiger partial charge in [-0.1, -0.05) is 22.9 Å². The highest BCUT2D eigenvalue weighted by atomic mass is 79.9. The molecule has 0 radical (unpaired) electrons. The van der Waals surface area contributed by atoms with E-state index in [1.165, 1.54) is 12.2 Å². The van der Waals surface area contributed by atoms with E-state index in [0.29, 0.717) is 5.92 Å². The van der Waals surface area contributed by atoms with Gasteiger partial charge in [-0.2, -0.15) is 0 Å². The number of alkyl halides is 1. The summed E-state index contributed by atoms with van der Waals surface area (Å²) >= 11 is 3.40.